The van der Waals surface area contributed by atoms with Crippen LogP contribution in [0.4, 0.5) is 28.8 Å². The van der Waals surface area contributed by atoms with Crippen molar-refractivity contribution >= 4 is 40.6 Å². The van der Waals surface area contributed by atoms with E-state index >= 15 is 0 Å². The van der Waals surface area contributed by atoms with Gasteiger partial charge in [-0.25, -0.2) is 4.98 Å². The monoisotopic (exact) mass is 486 g/mol. The first-order valence-corrected chi connectivity index (χ1v) is 12.4. The van der Waals surface area contributed by atoms with Gasteiger partial charge in [0.05, 0.1) is 19.0 Å². The summed E-state index contributed by atoms with van der Waals surface area (Å²) in [5.41, 5.74) is 2.45. The largest absolute Gasteiger partial charge is 0.495 e. The standard InChI is InChI=1S/C27H30N6O3/c1-36-23-16-18(26(35)29-19-8-4-2-5-9-19)12-13-21(23)31-27-28-17-22-25(32-27)33(15-14-24(34)30-22)20-10-6-3-7-11-20/h2,4-5,8-9,12-13,16-17,20H,3,6-7,10-11,14-15H2,1H3,(H,29,35)(H,30,34)(H,28,31,32). The molecule has 2 amide bonds. The lowest BCUT2D eigenvalue weighted by atomic mass is 9.94. The van der Waals surface area contributed by atoms with E-state index in [0.717, 1.165) is 24.3 Å². The Labute approximate surface area is 210 Å². The molecule has 1 saturated carbocycles. The summed E-state index contributed by atoms with van der Waals surface area (Å²) in [6, 6.07) is 14.8. The summed E-state index contributed by atoms with van der Waals surface area (Å²) in [5, 5.41) is 9.05. The Morgan fingerprint density at radius 1 is 1.11 bits per heavy atom. The molecule has 1 aromatic heterocycles. The molecule has 0 unspecified atom stereocenters. The Morgan fingerprint density at radius 3 is 2.69 bits per heavy atom. The Balaban J connectivity index is 1.38. The van der Waals surface area contributed by atoms with E-state index in [1.54, 1.807) is 31.5 Å². The van der Waals surface area contributed by atoms with E-state index in [-0.39, 0.29) is 11.8 Å². The van der Waals surface area contributed by atoms with Crippen molar-refractivity contribution in [3.63, 3.8) is 0 Å². The molecule has 0 saturated heterocycles. The molecule has 1 aliphatic carbocycles. The van der Waals surface area contributed by atoms with Crippen LogP contribution in [-0.2, 0) is 4.79 Å². The first kappa shape index (κ1) is 23.6. The molecule has 3 aromatic rings. The van der Waals surface area contributed by atoms with Crippen molar-refractivity contribution in [1.29, 1.82) is 0 Å². The maximum absolute atomic E-state index is 12.7. The molecule has 1 aliphatic heterocycles. The molecule has 0 atom stereocenters. The fraction of sp³-hybridized carbons (Fsp3) is 0.333. The van der Waals surface area contributed by atoms with E-state index in [9.17, 15) is 9.59 Å². The fourth-order valence-corrected chi connectivity index (χ4v) is 4.81. The lowest BCUT2D eigenvalue weighted by Gasteiger charge is -2.34. The van der Waals surface area contributed by atoms with E-state index in [0.29, 0.717) is 47.6 Å². The molecule has 3 N–H and O–H groups in total. The summed E-state index contributed by atoms with van der Waals surface area (Å²) < 4.78 is 5.56. The predicted molar refractivity (Wildman–Crippen MR) is 140 cm³/mol. The molecule has 0 radical (unpaired) electrons. The molecule has 2 heterocycles. The molecule has 1 fully saturated rings. The number of para-hydroxylation sites is 1. The SMILES string of the molecule is COc1cc(C(=O)Nc2ccccc2)ccc1Nc1ncc2c(n1)N(C1CCCCC1)CCC(=O)N2. The van der Waals surface area contributed by atoms with E-state index in [1.807, 2.05) is 30.3 Å². The van der Waals surface area contributed by atoms with Gasteiger partial charge in [0.2, 0.25) is 11.9 Å². The molecule has 2 aromatic carbocycles. The van der Waals surface area contributed by atoms with Crippen molar-refractivity contribution in [3.05, 3.63) is 60.3 Å². The number of nitrogens with one attached hydrogen (secondary N) is 3. The van der Waals surface area contributed by atoms with Gasteiger partial charge in [-0.1, -0.05) is 37.5 Å². The third-order valence-electron chi connectivity index (χ3n) is 6.65. The number of fused-ring (bicyclic) bond motifs is 1. The van der Waals surface area contributed by atoms with Gasteiger partial charge in [0, 0.05) is 30.3 Å². The highest BCUT2D eigenvalue weighted by Crippen LogP contribution is 2.35. The summed E-state index contributed by atoms with van der Waals surface area (Å²) in [6.45, 7) is 0.633. The second kappa shape index (κ2) is 10.6. The minimum atomic E-state index is -0.230. The zero-order valence-electron chi connectivity index (χ0n) is 20.3. The van der Waals surface area contributed by atoms with Crippen molar-refractivity contribution in [2.75, 3.05) is 34.5 Å². The van der Waals surface area contributed by atoms with E-state index in [4.69, 9.17) is 9.72 Å². The van der Waals surface area contributed by atoms with Crippen LogP contribution >= 0.6 is 0 Å². The van der Waals surface area contributed by atoms with Crippen LogP contribution in [0.15, 0.2) is 54.7 Å². The summed E-state index contributed by atoms with van der Waals surface area (Å²) in [4.78, 5) is 36.5. The average molecular weight is 487 g/mol. The molecular formula is C27H30N6O3. The van der Waals surface area contributed by atoms with Gasteiger partial charge in [-0.05, 0) is 43.2 Å². The number of aromatic nitrogens is 2. The quantitative estimate of drug-likeness (QED) is 0.452. The highest BCUT2D eigenvalue weighted by Gasteiger charge is 2.28. The zero-order valence-corrected chi connectivity index (χ0v) is 20.3. The number of hydrogen-bond donors (Lipinski definition) is 3. The third kappa shape index (κ3) is 5.25. The highest BCUT2D eigenvalue weighted by molar-refractivity contribution is 6.05. The summed E-state index contributed by atoms with van der Waals surface area (Å²) in [5.74, 6) is 1.37. The number of benzene rings is 2. The maximum Gasteiger partial charge on any atom is 0.255 e. The molecule has 186 valence electrons. The molecule has 5 rings (SSSR count). The summed E-state index contributed by atoms with van der Waals surface area (Å²) in [7, 11) is 1.55. The van der Waals surface area contributed by atoms with Gasteiger partial charge >= 0.3 is 0 Å². The normalized spacial score (nSPS) is 15.9. The Hall–Kier alpha value is -4.14. The smallest absolute Gasteiger partial charge is 0.255 e. The molecular weight excluding hydrogens is 456 g/mol. The Kier molecular flexibility index (Phi) is 6.97. The Bertz CT molecular complexity index is 1240. The Morgan fingerprint density at radius 2 is 1.92 bits per heavy atom. The lowest BCUT2D eigenvalue weighted by Crippen LogP contribution is -2.38. The van der Waals surface area contributed by atoms with Crippen LogP contribution in [-0.4, -0.2) is 41.5 Å². The second-order valence-electron chi connectivity index (χ2n) is 9.07. The average Bonchev–Trinajstić information content (AvgIpc) is 3.08. The van der Waals surface area contributed by atoms with Gasteiger partial charge in [-0.3, -0.25) is 9.59 Å². The van der Waals surface area contributed by atoms with E-state index in [2.05, 4.69) is 25.8 Å². The first-order valence-electron chi connectivity index (χ1n) is 12.4. The van der Waals surface area contributed by atoms with Gasteiger partial charge < -0.3 is 25.6 Å². The number of anilines is 5. The molecule has 9 heteroatoms. The fourth-order valence-electron chi connectivity index (χ4n) is 4.81. The number of carbonyl (C=O) groups excluding carboxylic acids is 2. The van der Waals surface area contributed by atoms with Crippen LogP contribution in [0.25, 0.3) is 0 Å². The van der Waals surface area contributed by atoms with Crippen LogP contribution < -0.4 is 25.6 Å². The highest BCUT2D eigenvalue weighted by atomic mass is 16.5. The molecule has 0 spiro atoms. The topological polar surface area (TPSA) is 108 Å². The van der Waals surface area contributed by atoms with Gasteiger partial charge in [-0.15, -0.1) is 0 Å². The number of rotatable bonds is 6. The number of hydrogen-bond acceptors (Lipinski definition) is 7. The van der Waals surface area contributed by atoms with Gasteiger partial charge in [0.1, 0.15) is 11.4 Å². The lowest BCUT2D eigenvalue weighted by molar-refractivity contribution is -0.116. The molecule has 9 nitrogen and oxygen atoms in total. The van der Waals surface area contributed by atoms with Gasteiger partial charge in [0.25, 0.3) is 5.91 Å². The maximum atomic E-state index is 12.7. The molecule has 36 heavy (non-hydrogen) atoms. The number of amides is 2. The number of nitrogens with zero attached hydrogens (tertiary/aromatic N) is 3. The summed E-state index contributed by atoms with van der Waals surface area (Å²) >= 11 is 0. The van der Waals surface area contributed by atoms with Crippen molar-refractivity contribution in [3.8, 4) is 5.75 Å². The van der Waals surface area contributed by atoms with Gasteiger partial charge in [0.15, 0.2) is 5.82 Å². The zero-order chi connectivity index (χ0) is 24.9. The van der Waals surface area contributed by atoms with Crippen molar-refractivity contribution in [2.45, 2.75) is 44.6 Å². The van der Waals surface area contributed by atoms with Crippen LogP contribution in [0.2, 0.25) is 0 Å². The van der Waals surface area contributed by atoms with Gasteiger partial charge in [-0.2, -0.15) is 4.98 Å². The minimum Gasteiger partial charge on any atom is -0.495 e. The number of ether oxygens (including phenoxy) is 1. The number of carbonyl (C=O) groups is 2. The van der Waals surface area contributed by atoms with Crippen molar-refractivity contribution < 1.29 is 14.3 Å². The van der Waals surface area contributed by atoms with E-state index in [1.165, 1.54) is 19.3 Å². The number of methoxy groups -OCH3 is 1. The summed E-state index contributed by atoms with van der Waals surface area (Å²) in [6.07, 6.45) is 7.91. The van der Waals surface area contributed by atoms with Crippen LogP contribution in [0.1, 0.15) is 48.9 Å². The third-order valence-corrected chi connectivity index (χ3v) is 6.65. The van der Waals surface area contributed by atoms with Crippen molar-refractivity contribution in [1.82, 2.24) is 9.97 Å². The first-order chi connectivity index (χ1) is 17.6. The predicted octanol–water partition coefficient (Wildman–Crippen LogP) is 4.96. The molecule has 0 bridgehead atoms. The minimum absolute atomic E-state index is 0.0232. The van der Waals surface area contributed by atoms with Crippen LogP contribution in [0.3, 0.4) is 0 Å². The van der Waals surface area contributed by atoms with Crippen LogP contribution in [0, 0.1) is 0 Å². The second-order valence-corrected chi connectivity index (χ2v) is 9.07. The van der Waals surface area contributed by atoms with Crippen molar-refractivity contribution in [2.24, 2.45) is 0 Å². The molecule has 2 aliphatic rings. The van der Waals surface area contributed by atoms with E-state index < -0.39 is 0 Å². The van der Waals surface area contributed by atoms with Crippen LogP contribution in [0.5, 0.6) is 5.75 Å².